The van der Waals surface area contributed by atoms with Gasteiger partial charge in [-0.2, -0.15) is 0 Å². The van der Waals surface area contributed by atoms with E-state index in [1.807, 2.05) is 0 Å². The average molecular weight is 423 g/mol. The van der Waals surface area contributed by atoms with Crippen molar-refractivity contribution in [1.29, 1.82) is 0 Å². The third kappa shape index (κ3) is 3.51. The number of benzene rings is 1. The largest absolute Gasteiger partial charge is 0.271 e. The zero-order valence-electron chi connectivity index (χ0n) is 8.99. The lowest BCUT2D eigenvalue weighted by Gasteiger charge is -2.15. The molecular weight excluding hydrogens is 411 g/mol. The van der Waals surface area contributed by atoms with Crippen LogP contribution in [0.4, 0.5) is 0 Å². The van der Waals surface area contributed by atoms with E-state index in [2.05, 4.69) is 79.7 Å². The molecule has 17 heavy (non-hydrogen) atoms. The second-order valence-corrected chi connectivity index (χ2v) is 6.77. The van der Waals surface area contributed by atoms with E-state index in [9.17, 15) is 0 Å². The highest BCUT2D eigenvalue weighted by Crippen LogP contribution is 2.28. The molecule has 0 radical (unpaired) electrons. The van der Waals surface area contributed by atoms with Gasteiger partial charge in [0.25, 0.3) is 0 Å². The van der Waals surface area contributed by atoms with Crippen LogP contribution in [0, 0.1) is 3.57 Å². The predicted molar refractivity (Wildman–Crippen MR) is 84.9 cm³/mol. The van der Waals surface area contributed by atoms with Crippen LogP contribution in [0.25, 0.3) is 0 Å². The topological polar surface area (TPSA) is 38.0 Å². The molecule has 0 aliphatic rings. The molecule has 90 valence electrons. The second kappa shape index (κ2) is 6.29. The number of thiophene rings is 1. The Hall–Kier alpha value is 0.0500. The first-order valence-corrected chi connectivity index (χ1v) is 7.89. The van der Waals surface area contributed by atoms with Crippen LogP contribution in [0.1, 0.15) is 16.5 Å². The zero-order chi connectivity index (χ0) is 12.3. The van der Waals surface area contributed by atoms with Crippen molar-refractivity contribution in [3.8, 4) is 0 Å². The van der Waals surface area contributed by atoms with Gasteiger partial charge in [-0.25, -0.2) is 0 Å². The van der Waals surface area contributed by atoms with Gasteiger partial charge in [0, 0.05) is 19.3 Å². The summed E-state index contributed by atoms with van der Waals surface area (Å²) >= 11 is 7.60. The van der Waals surface area contributed by atoms with E-state index < -0.39 is 0 Å². The maximum absolute atomic E-state index is 5.65. The van der Waals surface area contributed by atoms with E-state index in [1.54, 1.807) is 11.3 Å². The van der Waals surface area contributed by atoms with Gasteiger partial charge >= 0.3 is 0 Å². The van der Waals surface area contributed by atoms with Crippen molar-refractivity contribution in [2.24, 2.45) is 5.84 Å². The highest BCUT2D eigenvalue weighted by molar-refractivity contribution is 14.1. The van der Waals surface area contributed by atoms with Crippen LogP contribution in [0.15, 0.2) is 40.2 Å². The summed E-state index contributed by atoms with van der Waals surface area (Å²) in [6.07, 6.45) is 0.898. The second-order valence-electron chi connectivity index (χ2n) is 3.67. The van der Waals surface area contributed by atoms with Crippen molar-refractivity contribution >= 4 is 49.9 Å². The van der Waals surface area contributed by atoms with E-state index in [0.717, 1.165) is 10.9 Å². The zero-order valence-corrected chi connectivity index (χ0v) is 13.6. The Labute approximate surface area is 127 Å². The molecule has 1 heterocycles. The average Bonchev–Trinajstić information content (AvgIpc) is 2.73. The van der Waals surface area contributed by atoms with Crippen LogP contribution in [-0.4, -0.2) is 0 Å². The number of hydrogen-bond donors (Lipinski definition) is 2. The number of hydrogen-bond acceptors (Lipinski definition) is 3. The van der Waals surface area contributed by atoms with Gasteiger partial charge in [-0.15, -0.1) is 11.3 Å². The van der Waals surface area contributed by atoms with Crippen LogP contribution in [-0.2, 0) is 6.42 Å². The number of nitrogens with one attached hydrogen (secondary N) is 1. The Morgan fingerprint density at radius 1 is 1.29 bits per heavy atom. The molecule has 0 aliphatic carbocycles. The smallest absolute Gasteiger partial charge is 0.0508 e. The van der Waals surface area contributed by atoms with Crippen LogP contribution in [0.5, 0.6) is 0 Å². The van der Waals surface area contributed by atoms with Gasteiger partial charge in [-0.05, 0) is 67.7 Å². The summed E-state index contributed by atoms with van der Waals surface area (Å²) in [5, 5.41) is 2.08. The quantitative estimate of drug-likeness (QED) is 0.446. The summed E-state index contributed by atoms with van der Waals surface area (Å²) in [7, 11) is 0. The summed E-state index contributed by atoms with van der Waals surface area (Å²) < 4.78 is 2.40. The first-order chi connectivity index (χ1) is 8.20. The fourth-order valence-corrected chi connectivity index (χ4v) is 3.55. The third-order valence-corrected chi connectivity index (χ3v) is 5.22. The summed E-state index contributed by atoms with van der Waals surface area (Å²) in [6.45, 7) is 0. The molecule has 2 nitrogen and oxygen atoms in total. The van der Waals surface area contributed by atoms with E-state index in [1.165, 1.54) is 14.0 Å². The molecule has 1 aromatic heterocycles. The molecule has 0 spiro atoms. The monoisotopic (exact) mass is 422 g/mol. The van der Waals surface area contributed by atoms with Gasteiger partial charge in [0.2, 0.25) is 0 Å². The van der Waals surface area contributed by atoms with Gasteiger partial charge in [-0.3, -0.25) is 11.3 Å². The Bertz CT molecular complexity index is 484. The molecule has 0 bridgehead atoms. The standard InChI is InChI=1S/C12H12BrIN2S/c13-10-5-6-17-12(10)7-11(16-15)8-1-3-9(14)4-2-8/h1-6,11,16H,7,15H2. The minimum atomic E-state index is 0.155. The van der Waals surface area contributed by atoms with E-state index >= 15 is 0 Å². The lowest BCUT2D eigenvalue weighted by molar-refractivity contribution is 0.555. The van der Waals surface area contributed by atoms with Crippen molar-refractivity contribution in [1.82, 2.24) is 5.43 Å². The molecule has 2 aromatic rings. The summed E-state index contributed by atoms with van der Waals surface area (Å²) in [5.41, 5.74) is 4.10. The lowest BCUT2D eigenvalue weighted by atomic mass is 10.0. The minimum Gasteiger partial charge on any atom is -0.271 e. The van der Waals surface area contributed by atoms with Crippen LogP contribution >= 0.6 is 49.9 Å². The molecule has 1 unspecified atom stereocenters. The SMILES string of the molecule is NNC(Cc1sccc1Br)c1ccc(I)cc1. The van der Waals surface area contributed by atoms with Crippen LogP contribution in [0.3, 0.4) is 0 Å². The molecule has 0 aliphatic heterocycles. The molecule has 5 heteroatoms. The number of halogens is 2. The van der Waals surface area contributed by atoms with Gasteiger partial charge in [0.05, 0.1) is 6.04 Å². The summed E-state index contributed by atoms with van der Waals surface area (Å²) in [4.78, 5) is 1.31. The normalized spacial score (nSPS) is 12.6. The van der Waals surface area contributed by atoms with Gasteiger partial charge in [0.15, 0.2) is 0 Å². The van der Waals surface area contributed by atoms with Crippen molar-refractivity contribution in [3.63, 3.8) is 0 Å². The molecule has 3 N–H and O–H groups in total. The van der Waals surface area contributed by atoms with Crippen molar-refractivity contribution in [2.75, 3.05) is 0 Å². The fraction of sp³-hybridized carbons (Fsp3) is 0.167. The first kappa shape index (κ1) is 13.5. The Balaban J connectivity index is 2.17. The molecule has 1 atom stereocenters. The Morgan fingerprint density at radius 3 is 2.53 bits per heavy atom. The third-order valence-electron chi connectivity index (χ3n) is 2.55. The van der Waals surface area contributed by atoms with Crippen LogP contribution < -0.4 is 11.3 Å². The molecule has 0 saturated carbocycles. The van der Waals surface area contributed by atoms with Crippen LogP contribution in [0.2, 0.25) is 0 Å². The fourth-order valence-electron chi connectivity index (χ4n) is 1.62. The van der Waals surface area contributed by atoms with Gasteiger partial charge in [-0.1, -0.05) is 12.1 Å². The first-order valence-electron chi connectivity index (χ1n) is 5.14. The molecule has 2 rings (SSSR count). The Morgan fingerprint density at radius 2 is 2.00 bits per heavy atom. The Kier molecular flexibility index (Phi) is 4.98. The number of nitrogens with two attached hydrogens (primary N) is 1. The highest BCUT2D eigenvalue weighted by Gasteiger charge is 2.13. The molecular formula is C12H12BrIN2S. The maximum Gasteiger partial charge on any atom is 0.0508 e. The number of rotatable bonds is 4. The predicted octanol–water partition coefficient (Wildman–Crippen LogP) is 3.86. The molecule has 0 saturated heterocycles. The lowest BCUT2D eigenvalue weighted by Crippen LogP contribution is -2.29. The van der Waals surface area contributed by atoms with E-state index in [4.69, 9.17) is 5.84 Å². The molecule has 0 amide bonds. The molecule has 1 aromatic carbocycles. The van der Waals surface area contributed by atoms with Crippen molar-refractivity contribution in [3.05, 3.63) is 54.2 Å². The van der Waals surface area contributed by atoms with Crippen molar-refractivity contribution < 1.29 is 0 Å². The van der Waals surface area contributed by atoms with Crippen molar-refractivity contribution in [2.45, 2.75) is 12.5 Å². The maximum atomic E-state index is 5.65. The molecule has 0 fully saturated rings. The highest BCUT2D eigenvalue weighted by atomic mass is 127. The number of hydrazine groups is 1. The van der Waals surface area contributed by atoms with Gasteiger partial charge in [0.1, 0.15) is 0 Å². The minimum absolute atomic E-state index is 0.155. The van der Waals surface area contributed by atoms with E-state index in [-0.39, 0.29) is 6.04 Å². The van der Waals surface area contributed by atoms with Gasteiger partial charge < -0.3 is 0 Å². The summed E-state index contributed by atoms with van der Waals surface area (Å²) in [6, 6.07) is 10.7. The van der Waals surface area contributed by atoms with E-state index in [0.29, 0.717) is 0 Å². The summed E-state index contributed by atoms with van der Waals surface area (Å²) in [5.74, 6) is 5.65.